The SMILES string of the molecule is CC(C)c1ccc(N(CC(=O)N(Cc2cccc(Br)c2)C(C)C(=O)NC2CCCC2)S(C)(=O)=O)cc1. The molecule has 2 aromatic rings. The lowest BCUT2D eigenvalue weighted by Crippen LogP contribution is -2.52. The number of benzene rings is 2. The van der Waals surface area contributed by atoms with E-state index in [2.05, 4.69) is 35.1 Å². The maximum Gasteiger partial charge on any atom is 0.244 e. The monoisotopic (exact) mass is 577 g/mol. The van der Waals surface area contributed by atoms with E-state index in [1.54, 1.807) is 19.1 Å². The summed E-state index contributed by atoms with van der Waals surface area (Å²) in [5.41, 5.74) is 2.33. The van der Waals surface area contributed by atoms with Crippen LogP contribution in [0.15, 0.2) is 53.0 Å². The number of rotatable bonds is 10. The number of carbonyl (C=O) groups is 2. The van der Waals surface area contributed by atoms with Gasteiger partial charge in [0.1, 0.15) is 12.6 Å². The molecule has 0 spiro atoms. The van der Waals surface area contributed by atoms with Crippen LogP contribution in [0.2, 0.25) is 0 Å². The highest BCUT2D eigenvalue weighted by Gasteiger charge is 2.31. The van der Waals surface area contributed by atoms with E-state index in [1.807, 2.05) is 36.4 Å². The number of nitrogens with zero attached hydrogens (tertiary/aromatic N) is 2. The Morgan fingerprint density at radius 3 is 2.25 bits per heavy atom. The van der Waals surface area contributed by atoms with Crippen molar-refractivity contribution in [1.82, 2.24) is 10.2 Å². The number of hydrogen-bond acceptors (Lipinski definition) is 4. The molecule has 1 aliphatic rings. The molecule has 1 fully saturated rings. The molecule has 1 saturated carbocycles. The van der Waals surface area contributed by atoms with Crippen LogP contribution in [0.4, 0.5) is 5.69 Å². The van der Waals surface area contributed by atoms with Crippen LogP contribution in [0.5, 0.6) is 0 Å². The van der Waals surface area contributed by atoms with E-state index in [1.165, 1.54) is 4.90 Å². The molecule has 1 aliphatic carbocycles. The summed E-state index contributed by atoms with van der Waals surface area (Å²) < 4.78 is 27.4. The molecule has 196 valence electrons. The third kappa shape index (κ3) is 7.56. The van der Waals surface area contributed by atoms with Crippen molar-refractivity contribution in [2.75, 3.05) is 17.1 Å². The molecule has 0 heterocycles. The van der Waals surface area contributed by atoms with Crippen LogP contribution in [0.1, 0.15) is 63.5 Å². The zero-order valence-corrected chi connectivity index (χ0v) is 23.8. The van der Waals surface area contributed by atoms with Crippen molar-refractivity contribution in [2.45, 2.75) is 71.0 Å². The average molecular weight is 579 g/mol. The van der Waals surface area contributed by atoms with Crippen LogP contribution in [0.3, 0.4) is 0 Å². The summed E-state index contributed by atoms with van der Waals surface area (Å²) in [7, 11) is -3.75. The van der Waals surface area contributed by atoms with E-state index in [9.17, 15) is 18.0 Å². The van der Waals surface area contributed by atoms with Gasteiger partial charge in [0.05, 0.1) is 11.9 Å². The van der Waals surface area contributed by atoms with E-state index in [-0.39, 0.29) is 18.5 Å². The number of amides is 2. The summed E-state index contributed by atoms with van der Waals surface area (Å²) in [5, 5.41) is 3.07. The lowest BCUT2D eigenvalue weighted by Gasteiger charge is -2.32. The number of hydrogen-bond donors (Lipinski definition) is 1. The molecule has 0 bridgehead atoms. The number of nitrogens with one attached hydrogen (secondary N) is 1. The Kier molecular flexibility index (Phi) is 9.58. The van der Waals surface area contributed by atoms with Crippen LogP contribution < -0.4 is 9.62 Å². The molecule has 1 N–H and O–H groups in total. The van der Waals surface area contributed by atoms with Crippen molar-refractivity contribution < 1.29 is 18.0 Å². The molecule has 1 atom stereocenters. The van der Waals surface area contributed by atoms with Crippen molar-refractivity contribution in [3.05, 3.63) is 64.1 Å². The summed E-state index contributed by atoms with van der Waals surface area (Å²) in [6.07, 6.45) is 5.13. The second kappa shape index (κ2) is 12.2. The highest BCUT2D eigenvalue weighted by molar-refractivity contribution is 9.10. The van der Waals surface area contributed by atoms with Gasteiger partial charge in [-0.05, 0) is 61.1 Å². The van der Waals surface area contributed by atoms with Gasteiger partial charge < -0.3 is 10.2 Å². The lowest BCUT2D eigenvalue weighted by atomic mass is 10.0. The van der Waals surface area contributed by atoms with Gasteiger partial charge in [-0.1, -0.05) is 66.9 Å². The van der Waals surface area contributed by atoms with Crippen molar-refractivity contribution >= 4 is 43.5 Å². The normalized spacial score (nSPS) is 15.1. The second-order valence-electron chi connectivity index (χ2n) is 9.83. The third-order valence-corrected chi connectivity index (χ3v) is 8.27. The summed E-state index contributed by atoms with van der Waals surface area (Å²) in [6.45, 7) is 5.61. The van der Waals surface area contributed by atoms with Gasteiger partial charge >= 0.3 is 0 Å². The summed E-state index contributed by atoms with van der Waals surface area (Å²) in [6, 6.07) is 14.1. The van der Waals surface area contributed by atoms with Gasteiger partial charge in [0.15, 0.2) is 0 Å². The van der Waals surface area contributed by atoms with Crippen molar-refractivity contribution in [2.24, 2.45) is 0 Å². The predicted octanol–water partition coefficient (Wildman–Crippen LogP) is 4.81. The van der Waals surface area contributed by atoms with Crippen molar-refractivity contribution in [1.29, 1.82) is 0 Å². The fraction of sp³-hybridized carbons (Fsp3) is 0.481. The van der Waals surface area contributed by atoms with Crippen LogP contribution in [-0.2, 0) is 26.2 Å². The number of halogens is 1. The minimum Gasteiger partial charge on any atom is -0.352 e. The predicted molar refractivity (Wildman–Crippen MR) is 147 cm³/mol. The molecule has 2 amide bonds. The average Bonchev–Trinajstić information content (AvgIpc) is 3.33. The van der Waals surface area contributed by atoms with E-state index in [4.69, 9.17) is 0 Å². The standard InChI is InChI=1S/C27H36BrN3O4S/c1-19(2)22-12-14-25(15-13-22)31(36(4,34)35)18-26(32)30(17-21-8-7-9-23(28)16-21)20(3)27(33)29-24-10-5-6-11-24/h7-9,12-16,19-20,24H,5-6,10-11,17-18H2,1-4H3,(H,29,33). The van der Waals surface area contributed by atoms with Crippen LogP contribution in [-0.4, -0.2) is 50.0 Å². The van der Waals surface area contributed by atoms with Gasteiger partial charge in [0, 0.05) is 17.1 Å². The molecule has 0 saturated heterocycles. The first-order chi connectivity index (χ1) is 17.0. The van der Waals surface area contributed by atoms with E-state index < -0.39 is 28.5 Å². The minimum absolute atomic E-state index is 0.120. The zero-order chi connectivity index (χ0) is 26.5. The van der Waals surface area contributed by atoms with E-state index in [0.717, 1.165) is 51.8 Å². The Hall–Kier alpha value is -2.39. The van der Waals surface area contributed by atoms with Gasteiger partial charge in [0.25, 0.3) is 0 Å². The maximum absolute atomic E-state index is 13.6. The van der Waals surface area contributed by atoms with Crippen LogP contribution in [0, 0.1) is 0 Å². The van der Waals surface area contributed by atoms with E-state index >= 15 is 0 Å². The number of anilines is 1. The Morgan fingerprint density at radius 1 is 1.06 bits per heavy atom. The first kappa shape index (κ1) is 28.2. The summed E-state index contributed by atoms with van der Waals surface area (Å²) in [4.78, 5) is 28.2. The topological polar surface area (TPSA) is 86.8 Å². The smallest absolute Gasteiger partial charge is 0.244 e. The maximum atomic E-state index is 13.6. The van der Waals surface area contributed by atoms with E-state index in [0.29, 0.717) is 11.6 Å². The Morgan fingerprint density at radius 2 is 1.69 bits per heavy atom. The molecule has 0 aromatic heterocycles. The highest BCUT2D eigenvalue weighted by Crippen LogP contribution is 2.23. The molecule has 0 aliphatic heterocycles. The number of carbonyl (C=O) groups excluding carboxylic acids is 2. The molecule has 9 heteroatoms. The fourth-order valence-electron chi connectivity index (χ4n) is 4.45. The molecule has 3 rings (SSSR count). The molecule has 7 nitrogen and oxygen atoms in total. The van der Waals surface area contributed by atoms with Gasteiger partial charge in [-0.3, -0.25) is 13.9 Å². The Balaban J connectivity index is 1.87. The van der Waals surface area contributed by atoms with Crippen LogP contribution >= 0.6 is 15.9 Å². The number of sulfonamides is 1. The molecule has 0 radical (unpaired) electrons. The molecule has 2 aromatic carbocycles. The minimum atomic E-state index is -3.75. The Bertz CT molecular complexity index is 1160. The molecule has 36 heavy (non-hydrogen) atoms. The first-order valence-electron chi connectivity index (χ1n) is 12.4. The zero-order valence-electron chi connectivity index (χ0n) is 21.4. The van der Waals surface area contributed by atoms with Gasteiger partial charge in [-0.15, -0.1) is 0 Å². The molecular weight excluding hydrogens is 542 g/mol. The Labute approximate surface area is 223 Å². The summed E-state index contributed by atoms with van der Waals surface area (Å²) in [5.74, 6) is -0.368. The van der Waals surface area contributed by atoms with Crippen molar-refractivity contribution in [3.63, 3.8) is 0 Å². The lowest BCUT2D eigenvalue weighted by molar-refractivity contribution is -0.139. The van der Waals surface area contributed by atoms with Crippen molar-refractivity contribution in [3.8, 4) is 0 Å². The van der Waals surface area contributed by atoms with Crippen LogP contribution in [0.25, 0.3) is 0 Å². The van der Waals surface area contributed by atoms with Gasteiger partial charge in [-0.25, -0.2) is 8.42 Å². The summed E-state index contributed by atoms with van der Waals surface area (Å²) >= 11 is 3.46. The van der Waals surface area contributed by atoms with Gasteiger partial charge in [-0.2, -0.15) is 0 Å². The fourth-order valence-corrected chi connectivity index (χ4v) is 5.74. The third-order valence-electron chi connectivity index (χ3n) is 6.64. The highest BCUT2D eigenvalue weighted by atomic mass is 79.9. The largest absolute Gasteiger partial charge is 0.352 e. The molecule has 1 unspecified atom stereocenters. The first-order valence-corrected chi connectivity index (χ1v) is 15.0. The second-order valence-corrected chi connectivity index (χ2v) is 12.7. The quantitative estimate of drug-likeness (QED) is 0.438. The van der Waals surface area contributed by atoms with Gasteiger partial charge in [0.2, 0.25) is 21.8 Å². The molecular formula is C27H36BrN3O4S.